The van der Waals surface area contributed by atoms with Crippen LogP contribution in [0.2, 0.25) is 0 Å². The van der Waals surface area contributed by atoms with Gasteiger partial charge in [-0.05, 0) is 30.3 Å². The fraction of sp³-hybridized carbons (Fsp3) is 0. The molecule has 0 fully saturated rings. The molecule has 4 N–H and O–H groups in total. The van der Waals surface area contributed by atoms with Crippen molar-refractivity contribution in [2.24, 2.45) is 5.73 Å². The number of hydrogen-bond donors (Lipinski definition) is 2. The molecule has 2 rings (SSSR count). The van der Waals surface area contributed by atoms with Gasteiger partial charge in [-0.3, -0.25) is 9.78 Å². The number of amides is 1. The molecule has 4 nitrogen and oxygen atoms in total. The lowest BCUT2D eigenvalue weighted by Gasteiger charge is -2.07. The normalized spacial score (nSPS) is 10.1. The Morgan fingerprint density at radius 2 is 1.88 bits per heavy atom. The number of anilines is 1. The number of carbonyl (C=O) groups excluding carboxylic acids is 1. The summed E-state index contributed by atoms with van der Waals surface area (Å²) in [5, 5.41) is 0. The maximum absolute atomic E-state index is 11.3. The number of hydrogen-bond acceptors (Lipinski definition) is 4. The van der Waals surface area contributed by atoms with Crippen molar-refractivity contribution < 1.29 is 4.79 Å². The van der Waals surface area contributed by atoms with Gasteiger partial charge in [0.25, 0.3) is 0 Å². The lowest BCUT2D eigenvalue weighted by atomic mass is 10.2. The molecule has 0 aliphatic carbocycles. The minimum absolute atomic E-state index is 0.437. The predicted molar refractivity (Wildman–Crippen MR) is 67.7 cm³/mol. The zero-order valence-electron chi connectivity index (χ0n) is 8.96. The van der Waals surface area contributed by atoms with Crippen molar-refractivity contribution in [3.63, 3.8) is 0 Å². The molecule has 17 heavy (non-hydrogen) atoms. The van der Waals surface area contributed by atoms with Gasteiger partial charge in [-0.1, -0.05) is 11.8 Å². The number of rotatable bonds is 3. The molecular formula is C12H11N3OS. The highest BCUT2D eigenvalue weighted by atomic mass is 32.2. The molecule has 0 aliphatic rings. The highest BCUT2D eigenvalue weighted by Crippen LogP contribution is 2.30. The average Bonchev–Trinajstić information content (AvgIpc) is 2.32. The second-order valence-corrected chi connectivity index (χ2v) is 4.52. The Kier molecular flexibility index (Phi) is 3.30. The van der Waals surface area contributed by atoms with Gasteiger partial charge in [0.15, 0.2) is 0 Å². The molecule has 0 radical (unpaired) electrons. The van der Waals surface area contributed by atoms with Gasteiger partial charge in [0.2, 0.25) is 5.91 Å². The van der Waals surface area contributed by atoms with Crippen LogP contribution in [-0.2, 0) is 0 Å². The van der Waals surface area contributed by atoms with Gasteiger partial charge in [-0.2, -0.15) is 0 Å². The van der Waals surface area contributed by atoms with Crippen molar-refractivity contribution in [1.29, 1.82) is 0 Å². The first kappa shape index (κ1) is 11.5. The Labute approximate surface area is 103 Å². The van der Waals surface area contributed by atoms with Gasteiger partial charge >= 0.3 is 0 Å². The lowest BCUT2D eigenvalue weighted by molar-refractivity contribution is 0.0997. The lowest BCUT2D eigenvalue weighted by Crippen LogP contribution is -2.12. The molecule has 0 saturated heterocycles. The Hall–Kier alpha value is -2.01. The summed E-state index contributed by atoms with van der Waals surface area (Å²) in [7, 11) is 0. The average molecular weight is 245 g/mol. The molecule has 0 aliphatic heterocycles. The third-order valence-corrected chi connectivity index (χ3v) is 3.23. The summed E-state index contributed by atoms with van der Waals surface area (Å²) in [4.78, 5) is 17.0. The third kappa shape index (κ3) is 2.76. The molecule has 0 spiro atoms. The monoisotopic (exact) mass is 245 g/mol. The largest absolute Gasteiger partial charge is 0.399 e. The fourth-order valence-electron chi connectivity index (χ4n) is 1.36. The standard InChI is InChI=1S/C12H11N3OS/c13-8-1-2-11(10(7-8)12(14)16)17-9-3-5-15-6-4-9/h1-7H,13H2,(H2,14,16). The van der Waals surface area contributed by atoms with Crippen LogP contribution in [0.5, 0.6) is 0 Å². The molecule has 0 bridgehead atoms. The summed E-state index contributed by atoms with van der Waals surface area (Å²) in [5.74, 6) is -0.478. The van der Waals surface area contributed by atoms with Crippen molar-refractivity contribution in [3.05, 3.63) is 48.3 Å². The molecule has 0 saturated carbocycles. The van der Waals surface area contributed by atoms with Crippen molar-refractivity contribution in [1.82, 2.24) is 4.98 Å². The summed E-state index contributed by atoms with van der Waals surface area (Å²) in [6.07, 6.45) is 3.40. The van der Waals surface area contributed by atoms with Crippen LogP contribution in [0, 0.1) is 0 Å². The SMILES string of the molecule is NC(=O)c1cc(N)ccc1Sc1ccncc1. The topological polar surface area (TPSA) is 82.0 Å². The number of pyridine rings is 1. The van der Waals surface area contributed by atoms with E-state index < -0.39 is 5.91 Å². The number of carbonyl (C=O) groups is 1. The molecule has 86 valence electrons. The Morgan fingerprint density at radius 3 is 2.53 bits per heavy atom. The quantitative estimate of drug-likeness (QED) is 0.809. The summed E-state index contributed by atoms with van der Waals surface area (Å²) in [6.45, 7) is 0. The van der Waals surface area contributed by atoms with Crippen LogP contribution < -0.4 is 11.5 Å². The molecule has 1 amide bonds. The van der Waals surface area contributed by atoms with Gasteiger partial charge in [-0.15, -0.1) is 0 Å². The van der Waals surface area contributed by atoms with E-state index in [-0.39, 0.29) is 0 Å². The number of nitrogen functional groups attached to an aromatic ring is 1. The number of nitrogens with two attached hydrogens (primary N) is 2. The molecule has 1 aromatic carbocycles. The molecule has 1 heterocycles. The summed E-state index contributed by atoms with van der Waals surface area (Å²) >= 11 is 1.45. The third-order valence-electron chi connectivity index (χ3n) is 2.15. The molecule has 5 heteroatoms. The highest BCUT2D eigenvalue weighted by Gasteiger charge is 2.09. The molecule has 0 unspecified atom stereocenters. The van der Waals surface area contributed by atoms with E-state index in [1.54, 1.807) is 30.6 Å². The van der Waals surface area contributed by atoms with E-state index in [1.165, 1.54) is 11.8 Å². The second kappa shape index (κ2) is 4.88. The first-order valence-corrected chi connectivity index (χ1v) is 5.75. The smallest absolute Gasteiger partial charge is 0.249 e. The minimum atomic E-state index is -0.478. The zero-order valence-corrected chi connectivity index (χ0v) is 9.78. The van der Waals surface area contributed by atoms with E-state index in [1.807, 2.05) is 12.1 Å². The Balaban J connectivity index is 2.36. The molecule has 2 aromatic rings. The van der Waals surface area contributed by atoms with Crippen molar-refractivity contribution in [2.75, 3.05) is 5.73 Å². The Bertz CT molecular complexity index is 543. The van der Waals surface area contributed by atoms with E-state index in [4.69, 9.17) is 11.5 Å². The van der Waals surface area contributed by atoms with E-state index in [0.29, 0.717) is 11.3 Å². The van der Waals surface area contributed by atoms with E-state index in [0.717, 1.165) is 9.79 Å². The van der Waals surface area contributed by atoms with Gasteiger partial charge < -0.3 is 11.5 Å². The minimum Gasteiger partial charge on any atom is -0.399 e. The number of benzene rings is 1. The molecular weight excluding hydrogens is 234 g/mol. The summed E-state index contributed by atoms with van der Waals surface area (Å²) < 4.78 is 0. The van der Waals surface area contributed by atoms with Crippen LogP contribution >= 0.6 is 11.8 Å². The number of nitrogens with zero attached hydrogens (tertiary/aromatic N) is 1. The molecule has 0 atom stereocenters. The zero-order chi connectivity index (χ0) is 12.3. The Morgan fingerprint density at radius 1 is 1.18 bits per heavy atom. The van der Waals surface area contributed by atoms with Gasteiger partial charge in [0.05, 0.1) is 5.56 Å². The van der Waals surface area contributed by atoms with E-state index in [2.05, 4.69) is 4.98 Å². The van der Waals surface area contributed by atoms with Crippen molar-refractivity contribution in [3.8, 4) is 0 Å². The van der Waals surface area contributed by atoms with Crippen LogP contribution in [-0.4, -0.2) is 10.9 Å². The molecule has 1 aromatic heterocycles. The fourth-order valence-corrected chi connectivity index (χ4v) is 2.28. The second-order valence-electron chi connectivity index (χ2n) is 3.40. The highest BCUT2D eigenvalue weighted by molar-refractivity contribution is 7.99. The van der Waals surface area contributed by atoms with Gasteiger partial charge in [-0.25, -0.2) is 0 Å². The van der Waals surface area contributed by atoms with E-state index in [9.17, 15) is 4.79 Å². The maximum Gasteiger partial charge on any atom is 0.249 e. The summed E-state index contributed by atoms with van der Waals surface area (Å²) in [6, 6.07) is 8.86. The van der Waals surface area contributed by atoms with E-state index >= 15 is 0 Å². The van der Waals surface area contributed by atoms with Crippen LogP contribution in [0.4, 0.5) is 5.69 Å². The predicted octanol–water partition coefficient (Wildman–Crippen LogP) is 1.91. The first-order valence-electron chi connectivity index (χ1n) is 4.94. The van der Waals surface area contributed by atoms with Gasteiger partial charge in [0.1, 0.15) is 0 Å². The van der Waals surface area contributed by atoms with Crippen LogP contribution in [0.15, 0.2) is 52.5 Å². The van der Waals surface area contributed by atoms with Crippen LogP contribution in [0.1, 0.15) is 10.4 Å². The maximum atomic E-state index is 11.3. The van der Waals surface area contributed by atoms with Crippen molar-refractivity contribution in [2.45, 2.75) is 9.79 Å². The number of aromatic nitrogens is 1. The van der Waals surface area contributed by atoms with Crippen LogP contribution in [0.25, 0.3) is 0 Å². The van der Waals surface area contributed by atoms with Crippen molar-refractivity contribution >= 4 is 23.4 Å². The summed E-state index contributed by atoms with van der Waals surface area (Å²) in [5.41, 5.74) is 11.9. The van der Waals surface area contributed by atoms with Crippen LogP contribution in [0.3, 0.4) is 0 Å². The van der Waals surface area contributed by atoms with Gasteiger partial charge in [0, 0.05) is 27.9 Å². The first-order chi connectivity index (χ1) is 8.16. The number of primary amides is 1.